The van der Waals surface area contributed by atoms with Crippen LogP contribution in [0.15, 0.2) is 249 Å². The fourth-order valence-electron chi connectivity index (χ4n) is 9.52. The molecule has 0 radical (unpaired) electrons. The van der Waals surface area contributed by atoms with Gasteiger partial charge in [-0.25, -0.2) is 9.36 Å². The van der Waals surface area contributed by atoms with E-state index in [-0.39, 0.29) is 29.7 Å². The Morgan fingerprint density at radius 1 is 0.423 bits per heavy atom. The molecule has 0 spiro atoms. The van der Waals surface area contributed by atoms with Crippen LogP contribution in [0, 0.1) is 0 Å². The van der Waals surface area contributed by atoms with Gasteiger partial charge in [-0.1, -0.05) is 97.1 Å². The molecule has 0 aliphatic rings. The Labute approximate surface area is 560 Å². The van der Waals surface area contributed by atoms with E-state index in [1.807, 2.05) is 143 Å². The average molecular weight is 1300 g/mol. The molecule has 1 atom stereocenters. The zero-order chi connectivity index (χ0) is 68.5. The van der Waals surface area contributed by atoms with E-state index < -0.39 is 0 Å². The van der Waals surface area contributed by atoms with E-state index in [4.69, 9.17) is 37.1 Å². The Kier molecular flexibility index (Phi) is 24.0. The number of benzene rings is 8. The molecular weight excluding hydrogens is 1230 g/mol. The van der Waals surface area contributed by atoms with Gasteiger partial charge in [0, 0.05) is 66.2 Å². The number of nitrogens with zero attached hydrogens (tertiary/aromatic N) is 8. The van der Waals surface area contributed by atoms with Gasteiger partial charge in [0.2, 0.25) is 11.8 Å². The Hall–Kier alpha value is -13.0. The molecule has 4 aromatic heterocycles. The van der Waals surface area contributed by atoms with Crippen LogP contribution in [0.25, 0.3) is 0 Å². The minimum Gasteiger partial charge on any atom is -0.481 e. The van der Waals surface area contributed by atoms with E-state index in [1.54, 1.807) is 146 Å². The highest BCUT2D eigenvalue weighted by Crippen LogP contribution is 2.24. The highest BCUT2D eigenvalue weighted by atomic mass is 16.5. The first-order valence-corrected chi connectivity index (χ1v) is 30.5. The number of para-hydroxylation sites is 8. The second-order valence-electron chi connectivity index (χ2n) is 21.6. The number of hydrogen-bond donors (Lipinski definition) is 9. The third kappa shape index (κ3) is 19.5. The van der Waals surface area contributed by atoms with Gasteiger partial charge in [0.25, 0.3) is 23.6 Å². The van der Waals surface area contributed by atoms with Gasteiger partial charge >= 0.3 is 0 Å². The normalized spacial score (nSPS) is 10.8. The van der Waals surface area contributed by atoms with Gasteiger partial charge in [-0.3, -0.25) is 28.5 Å². The summed E-state index contributed by atoms with van der Waals surface area (Å²) in [5.41, 5.74) is 34.4. The van der Waals surface area contributed by atoms with Crippen molar-refractivity contribution in [1.29, 1.82) is 0 Å². The first-order chi connectivity index (χ1) is 47.1. The summed E-state index contributed by atoms with van der Waals surface area (Å²) in [6, 6.07) is 65.8. The monoisotopic (exact) mass is 1300 g/mol. The van der Waals surface area contributed by atoms with E-state index in [1.165, 1.54) is 0 Å². The minimum atomic E-state index is -0.198. The molecule has 4 amide bonds. The minimum absolute atomic E-state index is 0.117. The van der Waals surface area contributed by atoms with Crippen LogP contribution < -0.4 is 59.0 Å². The lowest BCUT2D eigenvalue weighted by molar-refractivity contribution is 0.101. The van der Waals surface area contributed by atoms with Gasteiger partial charge in [0.15, 0.2) is 0 Å². The van der Waals surface area contributed by atoms with Gasteiger partial charge < -0.3 is 63.7 Å². The van der Waals surface area contributed by atoms with Crippen molar-refractivity contribution in [3.05, 3.63) is 294 Å². The predicted molar refractivity (Wildman–Crippen MR) is 380 cm³/mol. The molecule has 97 heavy (non-hydrogen) atoms. The molecule has 0 fully saturated rings. The number of nitrogen functional groups attached to an aromatic ring is 4. The largest absolute Gasteiger partial charge is 0.481 e. The number of rotatable bonds is 21. The molecular formula is C73H75N17O7. The summed E-state index contributed by atoms with van der Waals surface area (Å²) >= 11 is 0. The van der Waals surface area contributed by atoms with E-state index in [0.29, 0.717) is 106 Å². The van der Waals surface area contributed by atoms with E-state index in [9.17, 15) is 19.2 Å². The number of nitrogens with one attached hydrogen (secondary N) is 5. The summed E-state index contributed by atoms with van der Waals surface area (Å²) in [4.78, 5) is 49.2. The lowest BCUT2D eigenvalue weighted by atomic mass is 10.1. The van der Waals surface area contributed by atoms with Gasteiger partial charge in [0.05, 0.1) is 97.8 Å². The van der Waals surface area contributed by atoms with Crippen molar-refractivity contribution in [1.82, 2.24) is 39.1 Å². The molecule has 24 nitrogen and oxygen atoms in total. The number of hydrogen-bond acceptors (Lipinski definition) is 16. The van der Waals surface area contributed by atoms with E-state index >= 15 is 0 Å². The van der Waals surface area contributed by atoms with Gasteiger partial charge in [-0.15, -0.1) is 5.10 Å². The zero-order valence-corrected chi connectivity index (χ0v) is 53.8. The van der Waals surface area contributed by atoms with Crippen molar-refractivity contribution in [3.63, 3.8) is 0 Å². The SMILES string of the molecule is COCNc1ccnn1Cc1ccc(C(=O)Nc2ccccc2N)cc1.COc1ccn(Cc2ccc(C(=O)Nc3ccccc3N)cc2)n1.COc1ccnn1Cc1ccc(C(=O)Nc2ccccc2N)cc1.C[C@H](c1ccc(C(=O)Nc2ccccc2N)cc1)n1cccn1. The van der Waals surface area contributed by atoms with E-state index in [0.717, 1.165) is 28.1 Å². The number of carbonyl (C=O) groups excluding carboxylic acids is 4. The number of amides is 4. The molecule has 0 aliphatic carbocycles. The van der Waals surface area contributed by atoms with Crippen molar-refractivity contribution in [2.24, 2.45) is 0 Å². The van der Waals surface area contributed by atoms with Crippen LogP contribution in [0.2, 0.25) is 0 Å². The Bertz CT molecular complexity index is 4490. The maximum atomic E-state index is 12.4. The number of anilines is 9. The molecule has 0 bridgehead atoms. The smallest absolute Gasteiger partial charge is 0.255 e. The van der Waals surface area contributed by atoms with Gasteiger partial charge in [-0.2, -0.15) is 15.3 Å². The molecule has 8 aromatic carbocycles. The van der Waals surface area contributed by atoms with Crippen molar-refractivity contribution < 1.29 is 33.4 Å². The highest BCUT2D eigenvalue weighted by molar-refractivity contribution is 6.08. The van der Waals surface area contributed by atoms with Crippen LogP contribution in [0.3, 0.4) is 0 Å². The summed E-state index contributed by atoms with van der Waals surface area (Å²) in [6.07, 6.45) is 8.93. The first-order valence-electron chi connectivity index (χ1n) is 30.5. The second-order valence-corrected chi connectivity index (χ2v) is 21.6. The molecule has 0 saturated carbocycles. The number of nitrogens with two attached hydrogens (primary N) is 4. The topological polar surface area (TPSA) is 331 Å². The Morgan fingerprint density at radius 3 is 1.22 bits per heavy atom. The second kappa shape index (κ2) is 34.1. The molecule has 4 heterocycles. The molecule has 13 N–H and O–H groups in total. The Morgan fingerprint density at radius 2 is 0.825 bits per heavy atom. The zero-order valence-electron chi connectivity index (χ0n) is 53.8. The van der Waals surface area contributed by atoms with Gasteiger partial charge in [-0.05, 0) is 132 Å². The first kappa shape index (κ1) is 68.4. The highest BCUT2D eigenvalue weighted by Gasteiger charge is 2.15. The standard InChI is InChI=1S/C19H21N5O2.2C18H18N4O2.C18H18N4O/c1-26-13-21-18-10-11-22-24(18)12-14-6-8-15(9-7-14)19(25)23-17-5-3-2-4-16(17)20;1-24-17-10-11-22(21-17)12-13-6-8-14(9-7-13)18(23)20-16-5-3-2-4-15(16)19;1-24-17-10-11-20-22(17)12-13-6-8-14(9-7-13)18(23)21-16-5-3-2-4-15(16)19;1-13(22-12-4-11-20-22)14-7-9-15(10-8-14)18(23)21-17-6-3-2-5-16(17)19/h2-11,21H,12-13,20H2,1H3,(H,23,25);2-11H,12,19H2,1H3,(H,20,23);2-11H,12,19H2,1H3,(H,21,23);2-13H,19H2,1H3,(H,21,23)/t;;;13-/m...1/s1. The molecule has 12 rings (SSSR count). The van der Waals surface area contributed by atoms with E-state index in [2.05, 4.69) is 53.9 Å². The predicted octanol–water partition coefficient (Wildman–Crippen LogP) is 11.7. The number of ether oxygens (including phenoxy) is 3. The third-order valence-electron chi connectivity index (χ3n) is 14.9. The lowest BCUT2D eigenvalue weighted by Gasteiger charge is -2.13. The quantitative estimate of drug-likeness (QED) is 0.0238. The number of carbonyl (C=O) groups is 4. The van der Waals surface area contributed by atoms with Crippen LogP contribution in [-0.4, -0.2) is 90.8 Å². The van der Waals surface area contributed by atoms with Crippen LogP contribution in [0.5, 0.6) is 11.8 Å². The molecule has 0 unspecified atom stereocenters. The summed E-state index contributed by atoms with van der Waals surface area (Å²) < 4.78 is 22.5. The fraction of sp³-hybridized carbons (Fsp3) is 0.123. The fourth-order valence-corrected chi connectivity index (χ4v) is 9.52. The third-order valence-corrected chi connectivity index (χ3v) is 14.9. The Balaban J connectivity index is 0.000000152. The summed E-state index contributed by atoms with van der Waals surface area (Å²) in [6.45, 7) is 4.24. The maximum absolute atomic E-state index is 12.4. The summed E-state index contributed by atoms with van der Waals surface area (Å²) in [5, 5.41) is 31.4. The number of aromatic nitrogens is 8. The molecule has 12 aromatic rings. The van der Waals surface area contributed by atoms with Crippen molar-refractivity contribution >= 4 is 74.9 Å². The van der Waals surface area contributed by atoms with Crippen molar-refractivity contribution in [3.8, 4) is 11.8 Å². The maximum Gasteiger partial charge on any atom is 0.255 e. The van der Waals surface area contributed by atoms with Crippen LogP contribution in [-0.2, 0) is 24.4 Å². The summed E-state index contributed by atoms with van der Waals surface area (Å²) in [7, 11) is 4.82. The molecule has 24 heteroatoms. The van der Waals surface area contributed by atoms with Crippen LogP contribution in [0.1, 0.15) is 76.7 Å². The average Bonchev–Trinajstić information content (AvgIpc) is 2.35. The van der Waals surface area contributed by atoms with Crippen molar-refractivity contribution in [2.75, 3.05) is 77.6 Å². The molecule has 0 aliphatic heterocycles. The number of methoxy groups -OCH3 is 3. The molecule has 494 valence electrons. The lowest BCUT2D eigenvalue weighted by Crippen LogP contribution is -2.13. The van der Waals surface area contributed by atoms with Crippen LogP contribution >= 0.6 is 0 Å². The van der Waals surface area contributed by atoms with Crippen LogP contribution in [0.4, 0.5) is 51.3 Å². The van der Waals surface area contributed by atoms with Gasteiger partial charge in [0.1, 0.15) is 12.5 Å². The summed E-state index contributed by atoms with van der Waals surface area (Å²) in [5.74, 6) is 1.37. The van der Waals surface area contributed by atoms with Crippen molar-refractivity contribution in [2.45, 2.75) is 32.6 Å². The molecule has 0 saturated heterocycles.